The summed E-state index contributed by atoms with van der Waals surface area (Å²) >= 11 is 5.83. The van der Waals surface area contributed by atoms with Gasteiger partial charge in [-0.25, -0.2) is 0 Å². The molecule has 0 aromatic heterocycles. The molecule has 0 heterocycles. The number of amides is 2. The predicted molar refractivity (Wildman–Crippen MR) is 116 cm³/mol. The van der Waals surface area contributed by atoms with E-state index in [-0.39, 0.29) is 18.7 Å². The number of aliphatic hydroxyl groups is 4. The van der Waals surface area contributed by atoms with Gasteiger partial charge in [-0.2, -0.15) is 0 Å². The number of nitrogens with one attached hydrogen (secondary N) is 1. The monoisotopic (exact) mass is 690 g/mol. The van der Waals surface area contributed by atoms with E-state index in [4.69, 9.17) is 10.2 Å². The van der Waals surface area contributed by atoms with Crippen molar-refractivity contribution in [3.63, 3.8) is 0 Å². The number of anilines is 1. The Hall–Kier alpha value is 0.190. The molecule has 0 radical (unpaired) electrons. The molecule has 0 spiro atoms. The first kappa shape index (κ1) is 23.2. The van der Waals surface area contributed by atoms with Gasteiger partial charge in [-0.3, -0.25) is 9.59 Å². The average Bonchev–Trinajstić information content (AvgIpc) is 2.58. The Bertz CT molecular complexity index is 671. The first-order chi connectivity index (χ1) is 11.7. The fourth-order valence-electron chi connectivity index (χ4n) is 1.98. The highest BCUT2D eigenvalue weighted by Crippen LogP contribution is 2.36. The highest BCUT2D eigenvalue weighted by molar-refractivity contribution is 14.1. The zero-order valence-corrected chi connectivity index (χ0v) is 19.6. The van der Waals surface area contributed by atoms with Crippen LogP contribution in [0.1, 0.15) is 15.9 Å². The molecule has 0 aliphatic carbocycles. The van der Waals surface area contributed by atoms with Gasteiger partial charge in [-0.15, -0.1) is 0 Å². The molecule has 25 heavy (non-hydrogen) atoms. The van der Waals surface area contributed by atoms with Crippen molar-refractivity contribution >= 4 is 85.3 Å². The lowest BCUT2D eigenvalue weighted by atomic mass is 10.1. The normalized spacial score (nSPS) is 12.0. The van der Waals surface area contributed by atoms with Crippen LogP contribution in [0.15, 0.2) is 0 Å². The number of hydrogen-bond acceptors (Lipinski definition) is 6. The molecule has 11 heteroatoms. The molecule has 0 bridgehead atoms. The Labute approximate surface area is 185 Å². The van der Waals surface area contributed by atoms with Crippen molar-refractivity contribution in [1.29, 1.82) is 0 Å². The second-order valence-corrected chi connectivity index (χ2v) is 8.29. The largest absolute Gasteiger partial charge is 0.394 e. The molecule has 5 N–H and O–H groups in total. The van der Waals surface area contributed by atoms with Crippen LogP contribution in [0.5, 0.6) is 0 Å². The van der Waals surface area contributed by atoms with E-state index in [0.29, 0.717) is 22.0 Å². The number of benzene rings is 1. The molecule has 140 valence electrons. The number of rotatable bonds is 7. The van der Waals surface area contributed by atoms with Gasteiger partial charge in [0.05, 0.1) is 34.1 Å². The highest BCUT2D eigenvalue weighted by atomic mass is 127. The van der Waals surface area contributed by atoms with Gasteiger partial charge in [0.25, 0.3) is 5.91 Å². The Kier molecular flexibility index (Phi) is 9.76. The molecule has 0 aliphatic rings. The van der Waals surface area contributed by atoms with Crippen molar-refractivity contribution in [2.45, 2.75) is 12.7 Å². The maximum Gasteiger partial charge on any atom is 0.255 e. The minimum atomic E-state index is -1.07. The van der Waals surface area contributed by atoms with Crippen LogP contribution in [0, 0.1) is 10.7 Å². The second kappa shape index (κ2) is 10.5. The number of carbonyl (C=O) groups is 2. The average molecular weight is 690 g/mol. The number of nitrogens with zero attached hydrogens (tertiary/aromatic N) is 1. The van der Waals surface area contributed by atoms with Crippen molar-refractivity contribution < 1.29 is 30.0 Å². The summed E-state index contributed by atoms with van der Waals surface area (Å²) in [7, 11) is 1.48. The summed E-state index contributed by atoms with van der Waals surface area (Å²) in [5, 5.41) is 39.6. The van der Waals surface area contributed by atoms with Gasteiger partial charge in [0.1, 0.15) is 6.61 Å². The molecule has 1 aromatic rings. The van der Waals surface area contributed by atoms with Gasteiger partial charge >= 0.3 is 0 Å². The van der Waals surface area contributed by atoms with E-state index in [2.05, 4.69) is 5.32 Å². The third-order valence-electron chi connectivity index (χ3n) is 3.23. The summed E-state index contributed by atoms with van der Waals surface area (Å²) in [4.78, 5) is 25.6. The Morgan fingerprint density at radius 3 is 2.20 bits per heavy atom. The van der Waals surface area contributed by atoms with Gasteiger partial charge in [-0.1, -0.05) is 0 Å². The van der Waals surface area contributed by atoms with Crippen molar-refractivity contribution in [2.24, 2.45) is 0 Å². The number of aliphatic hydroxyl groups excluding tert-OH is 4. The fourth-order valence-corrected chi connectivity index (χ4v) is 6.22. The number of likely N-dealkylation sites (N-methyl/N-ethyl adjacent to an activating group) is 1. The van der Waals surface area contributed by atoms with Crippen LogP contribution in [0.4, 0.5) is 5.69 Å². The molecule has 1 unspecified atom stereocenters. The lowest BCUT2D eigenvalue weighted by molar-refractivity contribution is -0.118. The molecule has 0 aliphatic heterocycles. The van der Waals surface area contributed by atoms with Crippen molar-refractivity contribution in [1.82, 2.24) is 4.90 Å². The quantitative estimate of drug-likeness (QED) is 0.263. The third-order valence-corrected chi connectivity index (χ3v) is 6.69. The molecule has 1 aromatic carbocycles. The fraction of sp³-hybridized carbons (Fsp3) is 0.429. The van der Waals surface area contributed by atoms with E-state index in [1.54, 1.807) is 0 Å². The zero-order valence-electron chi connectivity index (χ0n) is 13.1. The third kappa shape index (κ3) is 5.58. The maximum atomic E-state index is 12.8. The first-order valence-electron chi connectivity index (χ1n) is 6.94. The summed E-state index contributed by atoms with van der Waals surface area (Å²) in [5.41, 5.74) is 1.09. The van der Waals surface area contributed by atoms with Crippen LogP contribution in [0.2, 0.25) is 0 Å². The highest BCUT2D eigenvalue weighted by Gasteiger charge is 2.27. The van der Waals surface area contributed by atoms with Crippen LogP contribution in [-0.4, -0.2) is 70.1 Å². The van der Waals surface area contributed by atoms with Crippen molar-refractivity contribution in [3.05, 3.63) is 21.8 Å². The zero-order chi connectivity index (χ0) is 19.3. The second-order valence-electron chi connectivity index (χ2n) is 5.06. The summed E-state index contributed by atoms with van der Waals surface area (Å²) < 4.78 is 1.57. The van der Waals surface area contributed by atoms with Crippen LogP contribution in [0.3, 0.4) is 0 Å². The van der Waals surface area contributed by atoms with Gasteiger partial charge in [0, 0.05) is 26.3 Å². The smallest absolute Gasteiger partial charge is 0.255 e. The molecule has 0 fully saturated rings. The molecule has 2 amide bonds. The lowest BCUT2D eigenvalue weighted by Crippen LogP contribution is -2.37. The summed E-state index contributed by atoms with van der Waals surface area (Å²) in [6.07, 6.45) is -1.07. The topological polar surface area (TPSA) is 130 Å². The van der Waals surface area contributed by atoms with E-state index in [1.807, 2.05) is 67.8 Å². The van der Waals surface area contributed by atoms with Crippen LogP contribution in [0.25, 0.3) is 0 Å². The van der Waals surface area contributed by atoms with Gasteiger partial charge in [0.2, 0.25) is 5.91 Å². The minimum Gasteiger partial charge on any atom is -0.394 e. The molecule has 0 saturated carbocycles. The predicted octanol–water partition coefficient (Wildman–Crippen LogP) is 0.349. The minimum absolute atomic E-state index is 0.0692. The van der Waals surface area contributed by atoms with Crippen molar-refractivity contribution in [2.75, 3.05) is 32.1 Å². The molecular formula is C14H17I3N2O6. The van der Waals surface area contributed by atoms with E-state index in [1.165, 1.54) is 11.9 Å². The Balaban J connectivity index is 3.46. The van der Waals surface area contributed by atoms with E-state index in [0.717, 1.165) is 0 Å². The summed E-state index contributed by atoms with van der Waals surface area (Å²) in [6.45, 7) is -1.59. The van der Waals surface area contributed by atoms with Crippen LogP contribution in [-0.2, 0) is 11.4 Å². The molecular weight excluding hydrogens is 673 g/mol. The van der Waals surface area contributed by atoms with Crippen LogP contribution < -0.4 is 5.32 Å². The molecule has 1 atom stereocenters. The van der Waals surface area contributed by atoms with E-state index >= 15 is 0 Å². The number of hydrogen-bond donors (Lipinski definition) is 5. The maximum absolute atomic E-state index is 12.8. The number of halogens is 3. The summed E-state index contributed by atoms with van der Waals surface area (Å²) in [6, 6.07) is 0. The van der Waals surface area contributed by atoms with E-state index in [9.17, 15) is 19.8 Å². The molecule has 8 nitrogen and oxygen atoms in total. The Morgan fingerprint density at radius 2 is 1.72 bits per heavy atom. The van der Waals surface area contributed by atoms with Crippen LogP contribution >= 0.6 is 67.8 Å². The SMILES string of the molecule is CN(CC(O)CO)C(=O)c1c(I)c(CO)c(I)c(NC(=O)CO)c1I. The van der Waals surface area contributed by atoms with Gasteiger partial charge in [-0.05, 0) is 67.8 Å². The van der Waals surface area contributed by atoms with Crippen molar-refractivity contribution in [3.8, 4) is 0 Å². The Morgan fingerprint density at radius 1 is 1.12 bits per heavy atom. The molecule has 0 saturated heterocycles. The summed E-state index contributed by atoms with van der Waals surface area (Å²) in [5.74, 6) is -1.06. The first-order valence-corrected chi connectivity index (χ1v) is 10.2. The van der Waals surface area contributed by atoms with Gasteiger partial charge < -0.3 is 30.6 Å². The standard InChI is InChI=1S/C14H17I3N2O6/c1-19(2-6(23)3-20)14(25)9-10(15)7(4-21)11(16)13(12(9)17)18-8(24)5-22/h6,20-23H,2-5H2,1H3,(H,18,24). The molecule has 1 rings (SSSR count). The lowest BCUT2D eigenvalue weighted by Gasteiger charge is -2.24. The van der Waals surface area contributed by atoms with E-state index < -0.39 is 31.1 Å². The van der Waals surface area contributed by atoms with Gasteiger partial charge in [0.15, 0.2) is 0 Å². The number of carbonyl (C=O) groups excluding carboxylic acids is 2.